The molecule has 2 N–H and O–H groups in total. The van der Waals surface area contributed by atoms with Gasteiger partial charge in [-0.15, -0.1) is 0 Å². The maximum absolute atomic E-state index is 12.1. The Morgan fingerprint density at radius 3 is 2.18 bits per heavy atom. The Hall–Kier alpha value is -3.06. The van der Waals surface area contributed by atoms with Gasteiger partial charge in [0.25, 0.3) is 0 Å². The molecule has 148 valence electrons. The van der Waals surface area contributed by atoms with E-state index in [0.717, 1.165) is 22.3 Å². The molecular formula is C21H23NO6. The summed E-state index contributed by atoms with van der Waals surface area (Å²) in [6.45, 7) is 1.39. The summed E-state index contributed by atoms with van der Waals surface area (Å²) in [5.74, 6) is -0.0542. The monoisotopic (exact) mass is 385 g/mol. The maximum atomic E-state index is 12.1. The number of rotatable bonds is 7. The molecule has 0 radical (unpaired) electrons. The molecule has 1 atom stereocenters. The second-order valence-corrected chi connectivity index (χ2v) is 6.34. The normalized spacial score (nSPS) is 13.2. The van der Waals surface area contributed by atoms with Crippen molar-refractivity contribution in [2.45, 2.75) is 18.9 Å². The van der Waals surface area contributed by atoms with Gasteiger partial charge in [0.1, 0.15) is 13.2 Å². The molecule has 1 amide bonds. The van der Waals surface area contributed by atoms with Gasteiger partial charge in [-0.3, -0.25) is 0 Å². The van der Waals surface area contributed by atoms with Gasteiger partial charge in [-0.1, -0.05) is 48.5 Å². The largest absolute Gasteiger partial charge is 0.508 e. The molecule has 1 aliphatic carbocycles. The van der Waals surface area contributed by atoms with E-state index in [2.05, 4.69) is 22.2 Å². The number of amides is 1. The Morgan fingerprint density at radius 2 is 1.61 bits per heavy atom. The minimum atomic E-state index is -0.852. The van der Waals surface area contributed by atoms with E-state index >= 15 is 0 Å². The van der Waals surface area contributed by atoms with Crippen LogP contribution in [0.3, 0.4) is 0 Å². The average molecular weight is 385 g/mol. The van der Waals surface area contributed by atoms with Gasteiger partial charge in [-0.2, -0.15) is 0 Å². The molecule has 2 aromatic carbocycles. The molecule has 0 saturated heterocycles. The number of alkyl carbamates (subject to hydrolysis) is 1. The van der Waals surface area contributed by atoms with Crippen LogP contribution in [0.1, 0.15) is 24.0 Å². The number of carbonyl (C=O) groups excluding carboxylic acids is 2. The first kappa shape index (κ1) is 19.7. The van der Waals surface area contributed by atoms with Gasteiger partial charge in [0, 0.05) is 5.92 Å². The number of benzene rings is 2. The lowest BCUT2D eigenvalue weighted by Crippen LogP contribution is -2.42. The van der Waals surface area contributed by atoms with Crippen LogP contribution in [0, 0.1) is 0 Å². The third kappa shape index (κ3) is 4.43. The second-order valence-electron chi connectivity index (χ2n) is 6.34. The fourth-order valence-electron chi connectivity index (χ4n) is 3.27. The van der Waals surface area contributed by atoms with Crippen LogP contribution < -0.4 is 5.32 Å². The number of fused-ring (bicyclic) bond motifs is 3. The van der Waals surface area contributed by atoms with Crippen molar-refractivity contribution in [3.63, 3.8) is 0 Å². The predicted molar refractivity (Wildman–Crippen MR) is 102 cm³/mol. The van der Waals surface area contributed by atoms with Crippen LogP contribution in [-0.2, 0) is 14.2 Å². The van der Waals surface area contributed by atoms with E-state index < -0.39 is 24.9 Å². The molecule has 2 aromatic rings. The van der Waals surface area contributed by atoms with Gasteiger partial charge in [0.15, 0.2) is 0 Å². The van der Waals surface area contributed by atoms with Gasteiger partial charge in [-0.05, 0) is 29.2 Å². The highest BCUT2D eigenvalue weighted by Gasteiger charge is 2.29. The zero-order valence-electron chi connectivity index (χ0n) is 15.6. The first-order valence-electron chi connectivity index (χ1n) is 9.16. The minimum absolute atomic E-state index is 0.0542. The first-order valence-corrected chi connectivity index (χ1v) is 9.16. The van der Waals surface area contributed by atoms with E-state index in [1.165, 1.54) is 0 Å². The topological polar surface area (TPSA) is 94.1 Å². The lowest BCUT2D eigenvalue weighted by molar-refractivity contribution is 0.0443. The van der Waals surface area contributed by atoms with Crippen molar-refractivity contribution in [1.29, 1.82) is 0 Å². The summed E-state index contributed by atoms with van der Waals surface area (Å²) < 4.78 is 14.8. The summed E-state index contributed by atoms with van der Waals surface area (Å²) in [4.78, 5) is 23.4. The Bertz CT molecular complexity index is 792. The van der Waals surface area contributed by atoms with Crippen molar-refractivity contribution in [2.75, 3.05) is 26.4 Å². The summed E-state index contributed by atoms with van der Waals surface area (Å²) in [5, 5.41) is 11.8. The maximum Gasteiger partial charge on any atom is 0.508 e. The Morgan fingerprint density at radius 1 is 1.00 bits per heavy atom. The molecule has 0 heterocycles. The molecular weight excluding hydrogens is 362 g/mol. The van der Waals surface area contributed by atoms with Crippen LogP contribution in [0.2, 0.25) is 0 Å². The quantitative estimate of drug-likeness (QED) is 0.712. The SMILES string of the molecule is CCOC(=O)OCC(CO)NC(=O)OCC1c2ccccc2-c2ccccc21. The Labute approximate surface area is 163 Å². The fraction of sp³-hybridized carbons (Fsp3) is 0.333. The molecule has 0 saturated carbocycles. The number of aliphatic hydroxyl groups excluding tert-OH is 1. The number of hydrogen-bond donors (Lipinski definition) is 2. The van der Waals surface area contributed by atoms with E-state index in [4.69, 9.17) is 9.47 Å². The molecule has 7 heteroatoms. The van der Waals surface area contributed by atoms with Crippen LogP contribution in [0.25, 0.3) is 11.1 Å². The zero-order chi connectivity index (χ0) is 19.9. The fourth-order valence-corrected chi connectivity index (χ4v) is 3.27. The highest BCUT2D eigenvalue weighted by Crippen LogP contribution is 2.44. The van der Waals surface area contributed by atoms with Crippen molar-refractivity contribution in [3.05, 3.63) is 59.7 Å². The number of hydrogen-bond acceptors (Lipinski definition) is 6. The number of aliphatic hydroxyl groups is 1. The third-order valence-corrected chi connectivity index (χ3v) is 4.55. The van der Waals surface area contributed by atoms with Crippen molar-refractivity contribution < 1.29 is 28.9 Å². The van der Waals surface area contributed by atoms with E-state index in [-0.39, 0.29) is 25.7 Å². The van der Waals surface area contributed by atoms with Gasteiger partial charge >= 0.3 is 12.2 Å². The van der Waals surface area contributed by atoms with Gasteiger partial charge in [0.05, 0.1) is 19.3 Å². The van der Waals surface area contributed by atoms with E-state index in [1.807, 2.05) is 36.4 Å². The van der Waals surface area contributed by atoms with Crippen molar-refractivity contribution in [2.24, 2.45) is 0 Å². The lowest BCUT2D eigenvalue weighted by Gasteiger charge is -2.18. The molecule has 0 aromatic heterocycles. The Kier molecular flexibility index (Phi) is 6.49. The van der Waals surface area contributed by atoms with Gasteiger partial charge in [0.2, 0.25) is 0 Å². The van der Waals surface area contributed by atoms with Crippen LogP contribution in [0.15, 0.2) is 48.5 Å². The summed E-state index contributed by atoms with van der Waals surface area (Å²) in [5.41, 5.74) is 4.51. The van der Waals surface area contributed by atoms with Gasteiger partial charge < -0.3 is 24.6 Å². The molecule has 1 unspecified atom stereocenters. The standard InChI is InChI=1S/C21H23NO6/c1-2-26-21(25)28-12-14(11-23)22-20(24)27-13-19-17-9-5-3-7-15(17)16-8-4-6-10-18(16)19/h3-10,14,19,23H,2,11-13H2,1H3,(H,22,24). The summed E-state index contributed by atoms with van der Waals surface area (Å²) in [7, 11) is 0. The third-order valence-electron chi connectivity index (χ3n) is 4.55. The minimum Gasteiger partial charge on any atom is -0.449 e. The van der Waals surface area contributed by atoms with Gasteiger partial charge in [-0.25, -0.2) is 9.59 Å². The van der Waals surface area contributed by atoms with Crippen LogP contribution in [-0.4, -0.2) is 49.8 Å². The van der Waals surface area contributed by atoms with Crippen LogP contribution >= 0.6 is 0 Å². The Balaban J connectivity index is 1.58. The predicted octanol–water partition coefficient (Wildman–Crippen LogP) is 3.06. The van der Waals surface area contributed by atoms with E-state index in [1.54, 1.807) is 6.92 Å². The zero-order valence-corrected chi connectivity index (χ0v) is 15.6. The van der Waals surface area contributed by atoms with E-state index in [9.17, 15) is 14.7 Å². The first-order chi connectivity index (χ1) is 13.6. The van der Waals surface area contributed by atoms with Crippen LogP contribution in [0.5, 0.6) is 0 Å². The molecule has 0 bridgehead atoms. The number of carbonyl (C=O) groups is 2. The molecule has 1 aliphatic rings. The molecule has 7 nitrogen and oxygen atoms in total. The highest BCUT2D eigenvalue weighted by atomic mass is 16.7. The lowest BCUT2D eigenvalue weighted by atomic mass is 9.98. The summed E-state index contributed by atoms with van der Waals surface area (Å²) in [6, 6.07) is 15.3. The highest BCUT2D eigenvalue weighted by molar-refractivity contribution is 5.79. The average Bonchev–Trinajstić information content (AvgIpc) is 3.03. The van der Waals surface area contributed by atoms with Crippen molar-refractivity contribution >= 4 is 12.2 Å². The molecule has 0 aliphatic heterocycles. The molecule has 0 fully saturated rings. The number of ether oxygens (including phenoxy) is 3. The van der Waals surface area contributed by atoms with Crippen LogP contribution in [0.4, 0.5) is 9.59 Å². The molecule has 3 rings (SSSR count). The van der Waals surface area contributed by atoms with Crippen molar-refractivity contribution in [3.8, 4) is 11.1 Å². The van der Waals surface area contributed by atoms with Crippen molar-refractivity contribution in [1.82, 2.24) is 5.32 Å². The molecule has 0 spiro atoms. The summed E-state index contributed by atoms with van der Waals surface area (Å²) >= 11 is 0. The molecule has 28 heavy (non-hydrogen) atoms. The van der Waals surface area contributed by atoms with E-state index in [0.29, 0.717) is 0 Å². The smallest absolute Gasteiger partial charge is 0.449 e. The number of nitrogens with one attached hydrogen (secondary N) is 1. The summed E-state index contributed by atoms with van der Waals surface area (Å²) in [6.07, 6.45) is -1.54. The second kappa shape index (κ2) is 9.23.